The van der Waals surface area contributed by atoms with Crippen LogP contribution in [0, 0.1) is 0 Å². The van der Waals surface area contributed by atoms with Gasteiger partial charge in [0.25, 0.3) is 5.91 Å². The smallest absolute Gasteiger partial charge is 0.251 e. The quantitative estimate of drug-likeness (QED) is 0.686. The molecule has 0 aliphatic rings. The first-order chi connectivity index (χ1) is 8.89. The Morgan fingerprint density at radius 3 is 2.63 bits per heavy atom. The van der Waals surface area contributed by atoms with Crippen molar-refractivity contribution in [1.29, 1.82) is 0 Å². The summed E-state index contributed by atoms with van der Waals surface area (Å²) in [6.45, 7) is 7.08. The number of hydrogen-bond donors (Lipinski definition) is 3. The maximum absolute atomic E-state index is 11.7. The summed E-state index contributed by atoms with van der Waals surface area (Å²) < 4.78 is 5.33. The van der Waals surface area contributed by atoms with Gasteiger partial charge in [-0.2, -0.15) is 0 Å². The third-order valence-electron chi connectivity index (χ3n) is 2.91. The van der Waals surface area contributed by atoms with Gasteiger partial charge in [-0.05, 0) is 39.0 Å². The van der Waals surface area contributed by atoms with Crippen molar-refractivity contribution in [3.63, 3.8) is 0 Å². The first-order valence-corrected chi connectivity index (χ1v) is 6.36. The largest absolute Gasteiger partial charge is 0.397 e. The van der Waals surface area contributed by atoms with Crippen LogP contribution >= 0.6 is 0 Å². The van der Waals surface area contributed by atoms with Crippen LogP contribution in [0.1, 0.15) is 31.1 Å². The minimum absolute atomic E-state index is 0.113. The Balaban J connectivity index is 2.75. The van der Waals surface area contributed by atoms with Gasteiger partial charge in [-0.3, -0.25) is 4.79 Å². The average Bonchev–Trinajstić information content (AvgIpc) is 2.37. The molecule has 0 saturated carbocycles. The van der Waals surface area contributed by atoms with E-state index in [0.29, 0.717) is 24.3 Å². The number of rotatable bonds is 6. The lowest BCUT2D eigenvalue weighted by molar-refractivity contribution is 0.0344. The van der Waals surface area contributed by atoms with Gasteiger partial charge in [0.2, 0.25) is 0 Å². The number of hydrogen-bond acceptors (Lipinski definition) is 4. The number of ether oxygens (including phenoxy) is 1. The number of nitrogens with two attached hydrogens (primary N) is 1. The molecule has 0 aliphatic heterocycles. The summed E-state index contributed by atoms with van der Waals surface area (Å²) >= 11 is 0. The number of carbonyl (C=O) groups excluding carboxylic acids is 1. The fourth-order valence-electron chi connectivity index (χ4n) is 1.51. The number of benzene rings is 1. The van der Waals surface area contributed by atoms with E-state index in [0.717, 1.165) is 5.69 Å². The van der Waals surface area contributed by atoms with E-state index in [4.69, 9.17) is 10.5 Å². The first-order valence-electron chi connectivity index (χ1n) is 6.36. The summed E-state index contributed by atoms with van der Waals surface area (Å²) in [4.78, 5) is 11.7. The van der Waals surface area contributed by atoms with Crippen molar-refractivity contribution >= 4 is 17.3 Å². The van der Waals surface area contributed by atoms with Crippen molar-refractivity contribution in [2.45, 2.75) is 26.4 Å². The van der Waals surface area contributed by atoms with Crippen LogP contribution in [0.3, 0.4) is 0 Å². The van der Waals surface area contributed by atoms with Gasteiger partial charge in [0.15, 0.2) is 0 Å². The first kappa shape index (κ1) is 15.3. The fraction of sp³-hybridized carbons (Fsp3) is 0.500. The standard InChI is InChI=1S/C14H23N3O2/c1-5-16-13(18)10-6-7-12(11(15)8-10)17-9-14(2,3)19-4/h6-8,17H,5,9,15H2,1-4H3,(H,16,18). The summed E-state index contributed by atoms with van der Waals surface area (Å²) in [6.07, 6.45) is 0. The normalized spacial score (nSPS) is 11.2. The molecule has 19 heavy (non-hydrogen) atoms. The Labute approximate surface area is 114 Å². The lowest BCUT2D eigenvalue weighted by atomic mass is 10.1. The highest BCUT2D eigenvalue weighted by Gasteiger charge is 2.16. The molecule has 0 atom stereocenters. The zero-order chi connectivity index (χ0) is 14.5. The van der Waals surface area contributed by atoms with Crippen molar-refractivity contribution in [3.05, 3.63) is 23.8 Å². The minimum Gasteiger partial charge on any atom is -0.397 e. The molecule has 106 valence electrons. The molecule has 0 bridgehead atoms. The highest BCUT2D eigenvalue weighted by molar-refractivity contribution is 5.96. The Hall–Kier alpha value is -1.75. The van der Waals surface area contributed by atoms with Crippen molar-refractivity contribution in [1.82, 2.24) is 5.32 Å². The number of anilines is 2. The van der Waals surface area contributed by atoms with E-state index in [9.17, 15) is 4.79 Å². The Kier molecular flexibility index (Phi) is 5.18. The van der Waals surface area contributed by atoms with Gasteiger partial charge in [-0.15, -0.1) is 0 Å². The lowest BCUT2D eigenvalue weighted by Gasteiger charge is -2.24. The van der Waals surface area contributed by atoms with Gasteiger partial charge < -0.3 is 21.1 Å². The summed E-state index contributed by atoms with van der Waals surface area (Å²) in [5, 5.41) is 5.96. The molecule has 1 aromatic carbocycles. The second kappa shape index (κ2) is 6.43. The molecule has 0 unspecified atom stereocenters. The van der Waals surface area contributed by atoms with Gasteiger partial charge in [0.05, 0.1) is 17.0 Å². The van der Waals surface area contributed by atoms with Crippen LogP contribution < -0.4 is 16.4 Å². The van der Waals surface area contributed by atoms with Crippen LogP contribution in [-0.2, 0) is 4.74 Å². The molecule has 0 aromatic heterocycles. The van der Waals surface area contributed by atoms with Gasteiger partial charge in [-0.1, -0.05) is 0 Å². The number of nitrogens with one attached hydrogen (secondary N) is 2. The molecule has 0 saturated heterocycles. The number of carbonyl (C=O) groups is 1. The Bertz CT molecular complexity index is 444. The highest BCUT2D eigenvalue weighted by Crippen LogP contribution is 2.21. The Morgan fingerprint density at radius 2 is 2.11 bits per heavy atom. The minimum atomic E-state index is -0.273. The van der Waals surface area contributed by atoms with Gasteiger partial charge >= 0.3 is 0 Å². The predicted molar refractivity (Wildman–Crippen MR) is 78.4 cm³/mol. The van der Waals surface area contributed by atoms with Crippen molar-refractivity contribution in [3.8, 4) is 0 Å². The molecule has 5 nitrogen and oxygen atoms in total. The zero-order valence-corrected chi connectivity index (χ0v) is 12.0. The summed E-state index contributed by atoms with van der Waals surface area (Å²) in [6, 6.07) is 5.24. The monoisotopic (exact) mass is 265 g/mol. The molecule has 0 spiro atoms. The van der Waals surface area contributed by atoms with Crippen LogP contribution in [0.4, 0.5) is 11.4 Å². The molecule has 4 N–H and O–H groups in total. The van der Waals surface area contributed by atoms with Crippen molar-refractivity contribution in [2.75, 3.05) is 31.2 Å². The zero-order valence-electron chi connectivity index (χ0n) is 12.0. The van der Waals surface area contributed by atoms with Gasteiger partial charge in [0.1, 0.15) is 0 Å². The maximum atomic E-state index is 11.7. The number of amides is 1. The molecule has 0 heterocycles. The molecule has 0 aliphatic carbocycles. The van der Waals surface area contributed by atoms with E-state index >= 15 is 0 Å². The van der Waals surface area contributed by atoms with E-state index in [1.807, 2.05) is 26.8 Å². The fourth-order valence-corrected chi connectivity index (χ4v) is 1.51. The SMILES string of the molecule is CCNC(=O)c1ccc(NCC(C)(C)OC)c(N)c1. The van der Waals surface area contributed by atoms with E-state index in [1.54, 1.807) is 19.2 Å². The van der Waals surface area contributed by atoms with E-state index in [1.165, 1.54) is 0 Å². The van der Waals surface area contributed by atoms with Gasteiger partial charge in [0, 0.05) is 25.8 Å². The average molecular weight is 265 g/mol. The molecule has 0 radical (unpaired) electrons. The van der Waals surface area contributed by atoms with E-state index in [-0.39, 0.29) is 11.5 Å². The molecule has 0 fully saturated rings. The van der Waals surface area contributed by atoms with Crippen LogP contribution in [-0.4, -0.2) is 31.7 Å². The highest BCUT2D eigenvalue weighted by atomic mass is 16.5. The molecular formula is C14H23N3O2. The third-order valence-corrected chi connectivity index (χ3v) is 2.91. The molecular weight excluding hydrogens is 242 g/mol. The summed E-state index contributed by atoms with van der Waals surface area (Å²) in [7, 11) is 1.67. The summed E-state index contributed by atoms with van der Waals surface area (Å²) in [5.41, 5.74) is 7.59. The third kappa shape index (κ3) is 4.44. The van der Waals surface area contributed by atoms with Crippen molar-refractivity contribution in [2.24, 2.45) is 0 Å². The van der Waals surface area contributed by atoms with E-state index in [2.05, 4.69) is 10.6 Å². The molecule has 1 amide bonds. The van der Waals surface area contributed by atoms with Gasteiger partial charge in [-0.25, -0.2) is 0 Å². The van der Waals surface area contributed by atoms with Crippen LogP contribution in [0.2, 0.25) is 0 Å². The van der Waals surface area contributed by atoms with Crippen LogP contribution in [0.5, 0.6) is 0 Å². The molecule has 5 heteroatoms. The number of methoxy groups -OCH3 is 1. The van der Waals surface area contributed by atoms with Crippen molar-refractivity contribution < 1.29 is 9.53 Å². The van der Waals surface area contributed by atoms with E-state index < -0.39 is 0 Å². The molecule has 1 rings (SSSR count). The maximum Gasteiger partial charge on any atom is 0.251 e. The lowest BCUT2D eigenvalue weighted by Crippen LogP contribution is -2.32. The molecule has 1 aromatic rings. The topological polar surface area (TPSA) is 76.4 Å². The van der Waals surface area contributed by atoms with Crippen LogP contribution in [0.25, 0.3) is 0 Å². The van der Waals surface area contributed by atoms with Crippen LogP contribution in [0.15, 0.2) is 18.2 Å². The second-order valence-electron chi connectivity index (χ2n) is 4.98. The number of nitrogen functional groups attached to an aromatic ring is 1. The predicted octanol–water partition coefficient (Wildman–Crippen LogP) is 1.86. The summed E-state index contributed by atoms with van der Waals surface area (Å²) in [5.74, 6) is -0.113. The second-order valence-corrected chi connectivity index (χ2v) is 4.98. The Morgan fingerprint density at radius 1 is 1.42 bits per heavy atom.